The number of halogens is 1. The Balaban J connectivity index is 0.00000256. The number of hydrogen-bond acceptors (Lipinski definition) is 5. The van der Waals surface area contributed by atoms with Crippen LogP contribution in [0.1, 0.15) is 26.2 Å². The topological polar surface area (TPSA) is 90.7 Å². The summed E-state index contributed by atoms with van der Waals surface area (Å²) in [6.07, 6.45) is 1.64. The van der Waals surface area contributed by atoms with Gasteiger partial charge in [-0.15, -0.1) is 12.4 Å². The van der Waals surface area contributed by atoms with Crippen molar-refractivity contribution in [2.24, 2.45) is 5.73 Å². The summed E-state index contributed by atoms with van der Waals surface area (Å²) >= 11 is 0. The van der Waals surface area contributed by atoms with Gasteiger partial charge < -0.3 is 20.5 Å². The number of hydrogen-bond donors (Lipinski definition) is 2. The second kappa shape index (κ2) is 8.14. The van der Waals surface area contributed by atoms with Crippen molar-refractivity contribution < 1.29 is 19.1 Å². The zero-order valence-electron chi connectivity index (χ0n) is 9.81. The van der Waals surface area contributed by atoms with Crippen molar-refractivity contribution in [1.82, 2.24) is 5.32 Å². The predicted molar refractivity (Wildman–Crippen MR) is 64.0 cm³/mol. The Hall–Kier alpha value is -1.01. The maximum atomic E-state index is 11.4. The Morgan fingerprint density at radius 3 is 2.94 bits per heavy atom. The number of carbonyl (C=O) groups is 2. The van der Waals surface area contributed by atoms with Gasteiger partial charge in [0.2, 0.25) is 0 Å². The van der Waals surface area contributed by atoms with Gasteiger partial charge in [0.05, 0.1) is 6.54 Å². The van der Waals surface area contributed by atoms with Crippen LogP contribution in [0.15, 0.2) is 0 Å². The molecule has 7 heteroatoms. The molecule has 0 saturated carbocycles. The van der Waals surface area contributed by atoms with Crippen LogP contribution in [-0.4, -0.2) is 37.4 Å². The first-order valence-corrected chi connectivity index (χ1v) is 5.50. The molecule has 1 aliphatic rings. The molecule has 1 heterocycles. The second-order valence-electron chi connectivity index (χ2n) is 3.79. The molecule has 3 N–H and O–H groups in total. The number of esters is 1. The highest BCUT2D eigenvalue weighted by Gasteiger charge is 2.24. The molecule has 1 amide bonds. The average molecular weight is 267 g/mol. The first-order valence-electron chi connectivity index (χ1n) is 5.50. The van der Waals surface area contributed by atoms with Crippen LogP contribution in [0.5, 0.6) is 0 Å². The molecule has 6 nitrogen and oxygen atoms in total. The zero-order chi connectivity index (χ0) is 12.0. The van der Waals surface area contributed by atoms with Crippen LogP contribution < -0.4 is 11.1 Å². The third kappa shape index (κ3) is 5.74. The molecule has 1 rings (SSSR count). The Bertz CT molecular complexity index is 263. The monoisotopic (exact) mass is 266 g/mol. The molecule has 0 aromatic rings. The fraction of sp³-hybridized carbons (Fsp3) is 0.800. The maximum Gasteiger partial charge on any atom is 0.407 e. The van der Waals surface area contributed by atoms with Gasteiger partial charge in [-0.25, -0.2) is 4.79 Å². The Labute approximate surface area is 107 Å². The van der Waals surface area contributed by atoms with Crippen molar-refractivity contribution in [2.75, 3.05) is 13.2 Å². The molecule has 0 aromatic heterocycles. The first-order chi connectivity index (χ1) is 7.63. The number of ether oxygens (including phenoxy) is 2. The summed E-state index contributed by atoms with van der Waals surface area (Å²) in [5.74, 6) is -0.434. The lowest BCUT2D eigenvalue weighted by atomic mass is 10.1. The smallest absolute Gasteiger partial charge is 0.407 e. The van der Waals surface area contributed by atoms with E-state index in [1.54, 1.807) is 0 Å². The van der Waals surface area contributed by atoms with E-state index in [0.717, 1.165) is 12.8 Å². The summed E-state index contributed by atoms with van der Waals surface area (Å²) < 4.78 is 9.76. The summed E-state index contributed by atoms with van der Waals surface area (Å²) in [7, 11) is 0. The number of rotatable bonds is 6. The molecule has 0 aliphatic carbocycles. The maximum absolute atomic E-state index is 11.4. The number of unbranched alkanes of at least 4 members (excludes halogenated alkanes) is 1. The second-order valence-corrected chi connectivity index (χ2v) is 3.79. The molecule has 0 spiro atoms. The molecule has 0 aromatic carbocycles. The third-order valence-electron chi connectivity index (χ3n) is 2.33. The molecule has 1 saturated heterocycles. The molecule has 0 radical (unpaired) electrons. The lowest BCUT2D eigenvalue weighted by molar-refractivity contribution is -0.147. The largest absolute Gasteiger partial charge is 0.461 e. The van der Waals surface area contributed by atoms with Gasteiger partial charge in [0, 0.05) is 0 Å². The number of nitrogens with one attached hydrogen (secondary N) is 1. The quantitative estimate of drug-likeness (QED) is 0.686. The van der Waals surface area contributed by atoms with Crippen LogP contribution in [-0.2, 0) is 14.3 Å². The van der Waals surface area contributed by atoms with Crippen LogP contribution in [0.25, 0.3) is 0 Å². The van der Waals surface area contributed by atoms with E-state index >= 15 is 0 Å². The molecule has 100 valence electrons. The van der Waals surface area contributed by atoms with E-state index in [-0.39, 0.29) is 19.0 Å². The molecule has 1 fully saturated rings. The minimum atomic E-state index is -0.579. The first kappa shape index (κ1) is 16.0. The van der Waals surface area contributed by atoms with Crippen LogP contribution >= 0.6 is 12.4 Å². The van der Waals surface area contributed by atoms with Crippen molar-refractivity contribution >= 4 is 24.5 Å². The Kier molecular flexibility index (Phi) is 7.65. The fourth-order valence-corrected chi connectivity index (χ4v) is 1.35. The molecule has 17 heavy (non-hydrogen) atoms. The summed E-state index contributed by atoms with van der Waals surface area (Å²) in [5, 5.41) is 2.47. The van der Waals surface area contributed by atoms with E-state index in [1.165, 1.54) is 0 Å². The van der Waals surface area contributed by atoms with Crippen molar-refractivity contribution in [2.45, 2.75) is 38.3 Å². The normalized spacial score (nSPS) is 19.9. The highest BCUT2D eigenvalue weighted by atomic mass is 35.5. The predicted octanol–water partition coefficient (Wildman–Crippen LogP) is 0.577. The molecular weight excluding hydrogens is 248 g/mol. The number of carbonyl (C=O) groups excluding carboxylic acids is 2. The van der Waals surface area contributed by atoms with Crippen molar-refractivity contribution in [3.8, 4) is 0 Å². The Morgan fingerprint density at radius 2 is 2.41 bits per heavy atom. The molecular formula is C10H19ClN2O4. The van der Waals surface area contributed by atoms with Crippen molar-refractivity contribution in [1.29, 1.82) is 0 Å². The van der Waals surface area contributed by atoms with Crippen LogP contribution in [0.2, 0.25) is 0 Å². The minimum absolute atomic E-state index is 0. The third-order valence-corrected chi connectivity index (χ3v) is 2.33. The molecule has 0 unspecified atom stereocenters. The van der Waals surface area contributed by atoms with E-state index in [1.807, 2.05) is 6.92 Å². The van der Waals surface area contributed by atoms with E-state index in [0.29, 0.717) is 13.0 Å². The zero-order valence-corrected chi connectivity index (χ0v) is 10.6. The SMILES string of the molecule is CCCC[C@H](N)C(=O)OC[C@H]1CNC(=O)O1.Cl. The number of alkyl carbamates (subject to hydrolysis) is 1. The number of cyclic esters (lactones) is 1. The molecule has 2 atom stereocenters. The lowest BCUT2D eigenvalue weighted by Gasteiger charge is -2.12. The van der Waals surface area contributed by atoms with Gasteiger partial charge in [-0.1, -0.05) is 19.8 Å². The van der Waals surface area contributed by atoms with Gasteiger partial charge in [0.1, 0.15) is 12.6 Å². The van der Waals surface area contributed by atoms with Gasteiger partial charge in [-0.05, 0) is 6.42 Å². The summed E-state index contributed by atoms with van der Waals surface area (Å²) in [5.41, 5.74) is 5.62. The minimum Gasteiger partial charge on any atom is -0.461 e. The van der Waals surface area contributed by atoms with Crippen LogP contribution in [0, 0.1) is 0 Å². The van der Waals surface area contributed by atoms with Crippen LogP contribution in [0.3, 0.4) is 0 Å². The molecule has 0 bridgehead atoms. The summed E-state index contributed by atoms with van der Waals surface area (Å²) in [6.45, 7) is 2.47. The van der Waals surface area contributed by atoms with E-state index in [4.69, 9.17) is 15.2 Å². The van der Waals surface area contributed by atoms with Gasteiger partial charge >= 0.3 is 12.1 Å². The van der Waals surface area contributed by atoms with Crippen molar-refractivity contribution in [3.05, 3.63) is 0 Å². The summed E-state index contributed by atoms with van der Waals surface area (Å²) in [6, 6.07) is -0.579. The van der Waals surface area contributed by atoms with E-state index in [9.17, 15) is 9.59 Å². The number of amides is 1. The van der Waals surface area contributed by atoms with E-state index in [2.05, 4.69) is 5.32 Å². The summed E-state index contributed by atoms with van der Waals surface area (Å²) in [4.78, 5) is 22.1. The van der Waals surface area contributed by atoms with Crippen molar-refractivity contribution in [3.63, 3.8) is 0 Å². The van der Waals surface area contributed by atoms with Gasteiger partial charge in [0.25, 0.3) is 0 Å². The van der Waals surface area contributed by atoms with E-state index < -0.39 is 24.2 Å². The van der Waals surface area contributed by atoms with Crippen LogP contribution in [0.4, 0.5) is 4.79 Å². The Morgan fingerprint density at radius 1 is 1.71 bits per heavy atom. The highest BCUT2D eigenvalue weighted by Crippen LogP contribution is 2.03. The average Bonchev–Trinajstić information content (AvgIpc) is 2.68. The highest BCUT2D eigenvalue weighted by molar-refractivity contribution is 5.85. The fourth-order valence-electron chi connectivity index (χ4n) is 1.35. The van der Waals surface area contributed by atoms with Gasteiger partial charge in [-0.3, -0.25) is 4.79 Å². The lowest BCUT2D eigenvalue weighted by Crippen LogP contribution is -2.34. The standard InChI is InChI=1S/C10H18N2O4.ClH/c1-2-3-4-8(11)9(13)15-6-7-5-12-10(14)16-7;/h7-8H,2-6,11H2,1H3,(H,12,14);1H/t7-,8+;/m1./s1. The van der Waals surface area contributed by atoms with Gasteiger partial charge in [-0.2, -0.15) is 0 Å². The number of nitrogens with two attached hydrogens (primary N) is 1. The van der Waals surface area contributed by atoms with Gasteiger partial charge in [0.15, 0.2) is 6.10 Å². The molecule has 1 aliphatic heterocycles.